The van der Waals surface area contributed by atoms with Crippen LogP contribution in [0.25, 0.3) is 11.3 Å². The maximum atomic E-state index is 12.3. The number of pyridine rings is 2. The SMILES string of the molecule is C=C(C(=O)O)C1c2ccc(C)nc2Oc2nc(-c3ccc(C(=O)N(C)CC)cc3)ccc21. The largest absolute Gasteiger partial charge is 0.478 e. The molecule has 1 aliphatic rings. The van der Waals surface area contributed by atoms with Gasteiger partial charge in [-0.1, -0.05) is 30.8 Å². The Morgan fingerprint density at radius 2 is 1.66 bits per heavy atom. The van der Waals surface area contributed by atoms with E-state index >= 15 is 0 Å². The molecule has 7 heteroatoms. The number of carbonyl (C=O) groups is 2. The minimum Gasteiger partial charge on any atom is -0.478 e. The summed E-state index contributed by atoms with van der Waals surface area (Å²) in [4.78, 5) is 34.8. The number of fused-ring (bicyclic) bond motifs is 2. The van der Waals surface area contributed by atoms with Gasteiger partial charge in [0.15, 0.2) is 0 Å². The number of rotatable bonds is 5. The van der Waals surface area contributed by atoms with Gasteiger partial charge in [-0.15, -0.1) is 0 Å². The molecular formula is C25H23N3O4. The van der Waals surface area contributed by atoms with E-state index in [0.29, 0.717) is 40.7 Å². The van der Waals surface area contributed by atoms with Crippen LogP contribution in [-0.2, 0) is 4.79 Å². The highest BCUT2D eigenvalue weighted by atomic mass is 16.5. The van der Waals surface area contributed by atoms with Crippen molar-refractivity contribution < 1.29 is 19.4 Å². The van der Waals surface area contributed by atoms with Crippen molar-refractivity contribution in [1.29, 1.82) is 0 Å². The van der Waals surface area contributed by atoms with Gasteiger partial charge in [0.05, 0.1) is 11.6 Å². The fraction of sp³-hybridized carbons (Fsp3) is 0.200. The molecule has 1 N–H and O–H groups in total. The van der Waals surface area contributed by atoms with Crippen LogP contribution in [0.4, 0.5) is 0 Å². The standard InChI is InChI=1S/C25H23N3O4/c1-5-28(4)24(29)17-9-7-16(8-10-17)20-13-12-19-21(15(3)25(30)31)18-11-6-14(2)26-22(18)32-23(19)27-20/h6-13,21H,3,5H2,1-2,4H3,(H,30,31). The van der Waals surface area contributed by atoms with Gasteiger partial charge in [0.25, 0.3) is 5.91 Å². The van der Waals surface area contributed by atoms with Gasteiger partial charge in [0, 0.05) is 47.1 Å². The summed E-state index contributed by atoms with van der Waals surface area (Å²) in [6, 6.07) is 14.4. The number of benzene rings is 1. The zero-order valence-electron chi connectivity index (χ0n) is 18.1. The van der Waals surface area contributed by atoms with Crippen LogP contribution in [0.15, 0.2) is 60.7 Å². The fourth-order valence-corrected chi connectivity index (χ4v) is 3.66. The average molecular weight is 429 g/mol. The molecule has 1 unspecified atom stereocenters. The second-order valence-corrected chi connectivity index (χ2v) is 7.70. The van der Waals surface area contributed by atoms with Crippen molar-refractivity contribution in [2.45, 2.75) is 19.8 Å². The van der Waals surface area contributed by atoms with Crippen molar-refractivity contribution in [2.24, 2.45) is 0 Å². The number of carbonyl (C=O) groups excluding carboxylic acids is 1. The number of hydrogen-bond donors (Lipinski definition) is 1. The summed E-state index contributed by atoms with van der Waals surface area (Å²) in [6.45, 7) is 8.16. The Labute approximate surface area is 186 Å². The predicted octanol–water partition coefficient (Wildman–Crippen LogP) is 4.42. The number of nitrogens with zero attached hydrogens (tertiary/aromatic N) is 3. The van der Waals surface area contributed by atoms with Crippen LogP contribution in [0.5, 0.6) is 11.8 Å². The lowest BCUT2D eigenvalue weighted by Gasteiger charge is -2.27. The molecule has 3 aromatic rings. The average Bonchev–Trinajstić information content (AvgIpc) is 2.80. The Kier molecular flexibility index (Phi) is 5.48. The van der Waals surface area contributed by atoms with Crippen molar-refractivity contribution in [1.82, 2.24) is 14.9 Å². The lowest BCUT2D eigenvalue weighted by Crippen LogP contribution is -2.26. The number of aromatic nitrogens is 2. The molecule has 4 rings (SSSR count). The summed E-state index contributed by atoms with van der Waals surface area (Å²) in [5, 5.41) is 9.59. The molecule has 1 amide bonds. The molecule has 1 atom stereocenters. The van der Waals surface area contributed by atoms with E-state index in [4.69, 9.17) is 4.74 Å². The minimum atomic E-state index is -1.09. The maximum Gasteiger partial charge on any atom is 0.331 e. The zero-order chi connectivity index (χ0) is 23.0. The molecule has 0 spiro atoms. The molecule has 0 bridgehead atoms. The normalized spacial score (nSPS) is 14.0. The van der Waals surface area contributed by atoms with E-state index < -0.39 is 11.9 Å². The quantitative estimate of drug-likeness (QED) is 0.604. The first-order valence-corrected chi connectivity index (χ1v) is 10.2. The van der Waals surface area contributed by atoms with Gasteiger partial charge in [0.2, 0.25) is 11.8 Å². The summed E-state index contributed by atoms with van der Waals surface area (Å²) in [5.74, 6) is -1.11. The van der Waals surface area contributed by atoms with Crippen LogP contribution in [-0.4, -0.2) is 45.4 Å². The van der Waals surface area contributed by atoms with E-state index in [1.807, 2.05) is 50.2 Å². The van der Waals surface area contributed by atoms with Gasteiger partial charge in [-0.3, -0.25) is 4.79 Å². The number of carboxylic acid groups (broad SMARTS) is 1. The smallest absolute Gasteiger partial charge is 0.331 e. The highest BCUT2D eigenvalue weighted by molar-refractivity contribution is 5.94. The minimum absolute atomic E-state index is 0.0268. The first-order valence-electron chi connectivity index (χ1n) is 10.2. The third-order valence-corrected chi connectivity index (χ3v) is 5.61. The van der Waals surface area contributed by atoms with Crippen LogP contribution in [0, 0.1) is 6.92 Å². The number of amides is 1. The summed E-state index contributed by atoms with van der Waals surface area (Å²) in [7, 11) is 1.76. The summed E-state index contributed by atoms with van der Waals surface area (Å²) >= 11 is 0. The van der Waals surface area contributed by atoms with E-state index in [2.05, 4.69) is 16.5 Å². The zero-order valence-corrected chi connectivity index (χ0v) is 18.1. The molecule has 2 aromatic heterocycles. The third kappa shape index (κ3) is 3.73. The Bertz CT molecular complexity index is 1230. The molecule has 1 aliphatic heterocycles. The van der Waals surface area contributed by atoms with Gasteiger partial charge in [-0.25, -0.2) is 14.8 Å². The molecule has 0 radical (unpaired) electrons. The molecule has 32 heavy (non-hydrogen) atoms. The van der Waals surface area contributed by atoms with Gasteiger partial charge in [-0.2, -0.15) is 0 Å². The van der Waals surface area contributed by atoms with Crippen molar-refractivity contribution in [3.63, 3.8) is 0 Å². The predicted molar refractivity (Wildman–Crippen MR) is 120 cm³/mol. The Hall–Kier alpha value is -4.00. The molecule has 0 fully saturated rings. The van der Waals surface area contributed by atoms with Crippen molar-refractivity contribution in [2.75, 3.05) is 13.6 Å². The van der Waals surface area contributed by atoms with Gasteiger partial charge < -0.3 is 14.7 Å². The monoisotopic (exact) mass is 429 g/mol. The second-order valence-electron chi connectivity index (χ2n) is 7.70. The molecular weight excluding hydrogens is 406 g/mol. The molecule has 7 nitrogen and oxygen atoms in total. The lowest BCUT2D eigenvalue weighted by molar-refractivity contribution is -0.132. The van der Waals surface area contributed by atoms with E-state index in [1.165, 1.54) is 0 Å². The van der Waals surface area contributed by atoms with Crippen molar-refractivity contribution in [3.05, 3.63) is 83.1 Å². The first-order chi connectivity index (χ1) is 15.3. The van der Waals surface area contributed by atoms with E-state index in [0.717, 1.165) is 11.3 Å². The second kappa shape index (κ2) is 8.26. The van der Waals surface area contributed by atoms with Gasteiger partial charge in [-0.05, 0) is 38.1 Å². The maximum absolute atomic E-state index is 12.3. The van der Waals surface area contributed by atoms with Crippen molar-refractivity contribution >= 4 is 11.9 Å². The molecule has 0 saturated heterocycles. The number of hydrogen-bond acceptors (Lipinski definition) is 5. The highest BCUT2D eigenvalue weighted by Crippen LogP contribution is 2.46. The fourth-order valence-electron chi connectivity index (χ4n) is 3.66. The van der Waals surface area contributed by atoms with E-state index in [9.17, 15) is 14.7 Å². The van der Waals surface area contributed by atoms with Crippen molar-refractivity contribution in [3.8, 4) is 23.0 Å². The molecule has 162 valence electrons. The lowest BCUT2D eigenvalue weighted by atomic mass is 9.84. The number of carboxylic acids is 1. The molecule has 3 heterocycles. The topological polar surface area (TPSA) is 92.6 Å². The third-order valence-electron chi connectivity index (χ3n) is 5.61. The van der Waals surface area contributed by atoms with E-state index in [1.54, 1.807) is 24.1 Å². The number of aliphatic carboxylic acids is 1. The Morgan fingerprint density at radius 1 is 1.03 bits per heavy atom. The number of aryl methyl sites for hydroxylation is 1. The first kappa shape index (κ1) is 21.2. The molecule has 1 aromatic carbocycles. The summed E-state index contributed by atoms with van der Waals surface area (Å²) < 4.78 is 5.97. The Morgan fingerprint density at radius 3 is 2.28 bits per heavy atom. The Balaban J connectivity index is 1.73. The van der Waals surface area contributed by atoms with Gasteiger partial charge >= 0.3 is 5.97 Å². The number of ether oxygens (including phenoxy) is 1. The van der Waals surface area contributed by atoms with Crippen LogP contribution in [0.3, 0.4) is 0 Å². The van der Waals surface area contributed by atoms with E-state index in [-0.39, 0.29) is 11.5 Å². The van der Waals surface area contributed by atoms with Crippen LogP contribution < -0.4 is 4.74 Å². The van der Waals surface area contributed by atoms with Crippen LogP contribution in [0.2, 0.25) is 0 Å². The van der Waals surface area contributed by atoms with Crippen LogP contribution in [0.1, 0.15) is 40.0 Å². The summed E-state index contributed by atoms with van der Waals surface area (Å²) in [6.07, 6.45) is 0. The molecule has 0 saturated carbocycles. The van der Waals surface area contributed by atoms with Crippen LogP contribution >= 0.6 is 0 Å². The van der Waals surface area contributed by atoms with Gasteiger partial charge in [0.1, 0.15) is 0 Å². The molecule has 0 aliphatic carbocycles. The highest BCUT2D eigenvalue weighted by Gasteiger charge is 2.34. The summed E-state index contributed by atoms with van der Waals surface area (Å²) in [5.41, 5.74) is 4.09.